The van der Waals surface area contributed by atoms with Crippen LogP contribution in [0.5, 0.6) is 5.75 Å². The maximum Gasteiger partial charge on any atom is 0.250 e. The maximum absolute atomic E-state index is 12.6. The van der Waals surface area contributed by atoms with Crippen molar-refractivity contribution in [3.8, 4) is 28.1 Å². The molecule has 7 nitrogen and oxygen atoms in total. The highest BCUT2D eigenvalue weighted by molar-refractivity contribution is 6.36. The van der Waals surface area contributed by atoms with Crippen LogP contribution >= 0.6 is 11.6 Å². The Morgan fingerprint density at radius 2 is 1.79 bits per heavy atom. The normalized spacial score (nSPS) is 15.9. The van der Waals surface area contributed by atoms with Crippen molar-refractivity contribution in [1.82, 2.24) is 14.9 Å². The van der Waals surface area contributed by atoms with Crippen molar-refractivity contribution >= 4 is 39.9 Å². The lowest BCUT2D eigenvalue weighted by molar-refractivity contribution is -0.114. The molecule has 0 atom stereocenters. The van der Waals surface area contributed by atoms with Gasteiger partial charge in [-0.1, -0.05) is 36.4 Å². The lowest BCUT2D eigenvalue weighted by Gasteiger charge is -2.38. The zero-order valence-corrected chi connectivity index (χ0v) is 23.0. The molecule has 6 rings (SSSR count). The first-order valence-corrected chi connectivity index (χ1v) is 13.8. The fourth-order valence-electron chi connectivity index (χ4n) is 5.63. The summed E-state index contributed by atoms with van der Waals surface area (Å²) in [6.07, 6.45) is 3.05. The molecule has 0 spiro atoms. The molecule has 0 saturated carbocycles. The average Bonchev–Trinajstić information content (AvgIpc) is 3.37. The van der Waals surface area contributed by atoms with E-state index in [1.165, 1.54) is 11.8 Å². The van der Waals surface area contributed by atoms with E-state index >= 15 is 0 Å². The second-order valence-corrected chi connectivity index (χ2v) is 10.7. The number of rotatable bonds is 5. The van der Waals surface area contributed by atoms with Crippen LogP contribution in [0.4, 0.5) is 11.4 Å². The van der Waals surface area contributed by atoms with E-state index in [0.717, 1.165) is 65.3 Å². The molecule has 1 fully saturated rings. The summed E-state index contributed by atoms with van der Waals surface area (Å²) in [5.41, 5.74) is 6.50. The number of hydrogen-bond donors (Lipinski definition) is 1. The minimum Gasteiger partial charge on any atom is -0.490 e. The van der Waals surface area contributed by atoms with Gasteiger partial charge in [-0.25, -0.2) is 4.98 Å². The first-order chi connectivity index (χ1) is 18.9. The molecular formula is C31H32ClN5O2. The van der Waals surface area contributed by atoms with E-state index in [-0.39, 0.29) is 5.91 Å². The molecule has 4 aromatic rings. The fraction of sp³-hybridized carbons (Fsp3) is 0.290. The summed E-state index contributed by atoms with van der Waals surface area (Å²) in [6.45, 7) is 13.3. The van der Waals surface area contributed by atoms with E-state index in [0.29, 0.717) is 30.0 Å². The number of ether oxygens (including phenoxy) is 1. The molecule has 8 heteroatoms. The van der Waals surface area contributed by atoms with Crippen LogP contribution in [-0.4, -0.2) is 66.1 Å². The Bertz CT molecular complexity index is 1540. The van der Waals surface area contributed by atoms with Gasteiger partial charge < -0.3 is 19.5 Å². The number of aromatic nitrogens is 2. The van der Waals surface area contributed by atoms with E-state index in [1.807, 2.05) is 18.2 Å². The summed E-state index contributed by atoms with van der Waals surface area (Å²) in [7, 11) is 0. The number of nitrogens with zero attached hydrogens (tertiary/aromatic N) is 4. The van der Waals surface area contributed by atoms with Gasteiger partial charge in [0.2, 0.25) is 0 Å². The average molecular weight is 542 g/mol. The number of amides is 1. The summed E-state index contributed by atoms with van der Waals surface area (Å²) in [5, 5.41) is 1.46. The SMILES string of the molecule is C=CC(=O)N1CCOc2ccc(-c3c(-c4ccc(N5CCN(C(C)C)CC5)cc4)[nH]c4nccc(Cl)c34)cc21. The third-order valence-corrected chi connectivity index (χ3v) is 8.08. The second-order valence-electron chi connectivity index (χ2n) is 10.3. The molecule has 2 aromatic carbocycles. The Morgan fingerprint density at radius 3 is 2.51 bits per heavy atom. The molecule has 200 valence electrons. The highest BCUT2D eigenvalue weighted by Crippen LogP contribution is 2.44. The van der Waals surface area contributed by atoms with E-state index in [4.69, 9.17) is 16.3 Å². The molecule has 0 unspecified atom stereocenters. The van der Waals surface area contributed by atoms with Crippen LogP contribution in [0.15, 0.2) is 67.4 Å². The number of piperazine rings is 1. The molecule has 39 heavy (non-hydrogen) atoms. The van der Waals surface area contributed by atoms with Crippen LogP contribution in [0.25, 0.3) is 33.4 Å². The number of fused-ring (bicyclic) bond motifs is 2. The van der Waals surface area contributed by atoms with Gasteiger partial charge in [0.05, 0.1) is 22.9 Å². The third kappa shape index (κ3) is 4.66. The highest BCUT2D eigenvalue weighted by Gasteiger charge is 2.25. The van der Waals surface area contributed by atoms with E-state index in [2.05, 4.69) is 64.5 Å². The van der Waals surface area contributed by atoms with Gasteiger partial charge >= 0.3 is 0 Å². The molecule has 4 heterocycles. The first-order valence-electron chi connectivity index (χ1n) is 13.4. The van der Waals surface area contributed by atoms with Crippen LogP contribution in [0.1, 0.15) is 13.8 Å². The summed E-state index contributed by atoms with van der Waals surface area (Å²) in [6, 6.07) is 17.0. The molecule has 2 aliphatic heterocycles. The topological polar surface area (TPSA) is 64.7 Å². The largest absolute Gasteiger partial charge is 0.490 e. The van der Waals surface area contributed by atoms with Gasteiger partial charge in [-0.3, -0.25) is 9.69 Å². The monoisotopic (exact) mass is 541 g/mol. The predicted octanol–water partition coefficient (Wildman–Crippen LogP) is 5.99. The number of H-pyrrole nitrogens is 1. The number of aromatic amines is 1. The van der Waals surface area contributed by atoms with Gasteiger partial charge in [-0.15, -0.1) is 0 Å². The van der Waals surface area contributed by atoms with Crippen molar-refractivity contribution in [3.63, 3.8) is 0 Å². The molecule has 1 amide bonds. The molecule has 2 aromatic heterocycles. The van der Waals surface area contributed by atoms with Gasteiger partial charge in [0.1, 0.15) is 18.0 Å². The van der Waals surface area contributed by atoms with Gasteiger partial charge in [-0.05, 0) is 61.4 Å². The number of carbonyl (C=O) groups is 1. The van der Waals surface area contributed by atoms with Crippen molar-refractivity contribution in [2.45, 2.75) is 19.9 Å². The number of halogens is 1. The third-order valence-electron chi connectivity index (χ3n) is 7.76. The van der Waals surface area contributed by atoms with Crippen molar-refractivity contribution in [2.24, 2.45) is 0 Å². The van der Waals surface area contributed by atoms with Crippen LogP contribution < -0.4 is 14.5 Å². The Labute approximate surface area is 233 Å². The summed E-state index contributed by atoms with van der Waals surface area (Å²) in [5.74, 6) is 0.521. The van der Waals surface area contributed by atoms with E-state index in [9.17, 15) is 4.79 Å². The van der Waals surface area contributed by atoms with E-state index in [1.54, 1.807) is 17.2 Å². The van der Waals surface area contributed by atoms with Gasteiger partial charge in [0.15, 0.2) is 0 Å². The molecular weight excluding hydrogens is 510 g/mol. The number of nitrogens with one attached hydrogen (secondary N) is 1. The number of carbonyl (C=O) groups excluding carboxylic acids is 1. The summed E-state index contributed by atoms with van der Waals surface area (Å²) in [4.78, 5) is 27.4. The quantitative estimate of drug-likeness (QED) is 0.314. The van der Waals surface area contributed by atoms with Gasteiger partial charge in [-0.2, -0.15) is 0 Å². The summed E-state index contributed by atoms with van der Waals surface area (Å²) >= 11 is 6.75. The molecule has 1 N–H and O–H groups in total. The number of anilines is 2. The zero-order chi connectivity index (χ0) is 27.1. The minimum absolute atomic E-state index is 0.152. The minimum atomic E-state index is -0.152. The predicted molar refractivity (Wildman–Crippen MR) is 159 cm³/mol. The van der Waals surface area contributed by atoms with Crippen LogP contribution in [-0.2, 0) is 4.79 Å². The first kappa shape index (κ1) is 25.5. The van der Waals surface area contributed by atoms with Crippen molar-refractivity contribution in [3.05, 3.63) is 72.4 Å². The Morgan fingerprint density at radius 1 is 1.05 bits per heavy atom. The Hall–Kier alpha value is -3.81. The lowest BCUT2D eigenvalue weighted by Crippen LogP contribution is -2.48. The zero-order valence-electron chi connectivity index (χ0n) is 22.3. The smallest absolute Gasteiger partial charge is 0.250 e. The highest BCUT2D eigenvalue weighted by atomic mass is 35.5. The lowest BCUT2D eigenvalue weighted by atomic mass is 9.97. The summed E-state index contributed by atoms with van der Waals surface area (Å²) < 4.78 is 5.86. The molecule has 0 aliphatic carbocycles. The number of hydrogen-bond acceptors (Lipinski definition) is 5. The van der Waals surface area contributed by atoms with Crippen molar-refractivity contribution in [1.29, 1.82) is 0 Å². The molecule has 0 radical (unpaired) electrons. The number of benzene rings is 2. The number of pyridine rings is 1. The van der Waals surface area contributed by atoms with Crippen molar-refractivity contribution < 1.29 is 9.53 Å². The molecule has 1 saturated heterocycles. The maximum atomic E-state index is 12.6. The fourth-order valence-corrected chi connectivity index (χ4v) is 5.87. The van der Waals surface area contributed by atoms with E-state index < -0.39 is 0 Å². The Kier molecular flexibility index (Phi) is 6.79. The second kappa shape index (κ2) is 10.4. The van der Waals surface area contributed by atoms with Crippen LogP contribution in [0.3, 0.4) is 0 Å². The van der Waals surface area contributed by atoms with Crippen LogP contribution in [0.2, 0.25) is 5.02 Å². The van der Waals surface area contributed by atoms with Gasteiger partial charge in [0.25, 0.3) is 5.91 Å². The molecule has 0 bridgehead atoms. The Balaban J connectivity index is 1.41. The van der Waals surface area contributed by atoms with Crippen LogP contribution in [0, 0.1) is 0 Å². The van der Waals surface area contributed by atoms with Gasteiger partial charge in [0, 0.05) is 55.1 Å². The van der Waals surface area contributed by atoms with Crippen molar-refractivity contribution in [2.75, 3.05) is 49.1 Å². The standard InChI is InChI=1S/C31H32ClN5O2/c1-4-27(38)37-17-18-39-26-10-7-22(19-25(26)37)28-29-24(32)11-12-33-31(29)34-30(28)21-5-8-23(9-6-21)36-15-13-35(14-16-36)20(2)3/h4-12,19-20H,1,13-18H2,2-3H3,(H,33,34). The molecule has 2 aliphatic rings.